The van der Waals surface area contributed by atoms with Gasteiger partial charge in [-0.25, -0.2) is 0 Å². The molecule has 2 atom stereocenters. The number of benzene rings is 3. The predicted molar refractivity (Wildman–Crippen MR) is 186 cm³/mol. The Morgan fingerprint density at radius 3 is 1.22 bits per heavy atom. The number of piperazine rings is 2. The molecule has 8 nitrogen and oxygen atoms in total. The fraction of sp³-hybridized carbons (Fsp3) is 0.421. The van der Waals surface area contributed by atoms with Crippen molar-refractivity contribution in [1.82, 2.24) is 19.6 Å². The van der Waals surface area contributed by atoms with E-state index in [2.05, 4.69) is 92.4 Å². The zero-order valence-corrected chi connectivity index (χ0v) is 26.9. The summed E-state index contributed by atoms with van der Waals surface area (Å²) in [6.07, 6.45) is 7.69. The first-order valence-corrected chi connectivity index (χ1v) is 16.6. The maximum absolute atomic E-state index is 10.6. The molecule has 2 heterocycles. The van der Waals surface area contributed by atoms with Crippen LogP contribution in [0.2, 0.25) is 0 Å². The summed E-state index contributed by atoms with van der Waals surface area (Å²) in [5, 5.41) is 21.1. The van der Waals surface area contributed by atoms with Gasteiger partial charge in [0.2, 0.25) is 0 Å². The second-order valence-electron chi connectivity index (χ2n) is 12.2. The van der Waals surface area contributed by atoms with E-state index in [1.54, 1.807) is 0 Å². The lowest BCUT2D eigenvalue weighted by molar-refractivity contribution is 0.0472. The van der Waals surface area contributed by atoms with Gasteiger partial charge in [0.15, 0.2) is 0 Å². The molecule has 0 aromatic heterocycles. The molecule has 2 aliphatic heterocycles. The average molecular weight is 627 g/mol. The molecule has 2 N–H and O–H groups in total. The Morgan fingerprint density at radius 1 is 0.500 bits per heavy atom. The van der Waals surface area contributed by atoms with Crippen molar-refractivity contribution in [2.75, 3.05) is 91.8 Å². The van der Waals surface area contributed by atoms with E-state index in [4.69, 9.17) is 9.47 Å². The van der Waals surface area contributed by atoms with E-state index in [9.17, 15) is 10.2 Å². The lowest BCUT2D eigenvalue weighted by Crippen LogP contribution is -2.49. The SMILES string of the molecule is O[C@@H](COc1ccc(OC[C@H](O)CN2CCN(C/C=C/c3ccccc3)CC2)cc1)CN1CCN(C/C=C/c2ccccc2)CC1. The van der Waals surface area contributed by atoms with Gasteiger partial charge in [0.1, 0.15) is 36.9 Å². The number of hydrogen-bond acceptors (Lipinski definition) is 8. The van der Waals surface area contributed by atoms with Crippen molar-refractivity contribution in [1.29, 1.82) is 0 Å². The van der Waals surface area contributed by atoms with Gasteiger partial charge in [-0.05, 0) is 35.4 Å². The van der Waals surface area contributed by atoms with Gasteiger partial charge in [0.25, 0.3) is 0 Å². The van der Waals surface area contributed by atoms with Crippen LogP contribution in [0.5, 0.6) is 11.5 Å². The van der Waals surface area contributed by atoms with Crippen molar-refractivity contribution in [2.45, 2.75) is 12.2 Å². The van der Waals surface area contributed by atoms with E-state index in [1.165, 1.54) is 11.1 Å². The van der Waals surface area contributed by atoms with E-state index in [0.717, 1.165) is 65.4 Å². The third-order valence-electron chi connectivity index (χ3n) is 8.52. The third-order valence-corrected chi connectivity index (χ3v) is 8.52. The normalized spacial score (nSPS) is 18.7. The highest BCUT2D eigenvalue weighted by Gasteiger charge is 2.20. The van der Waals surface area contributed by atoms with Gasteiger partial charge in [0, 0.05) is 78.5 Å². The molecule has 0 bridgehead atoms. The molecular formula is C38H50N4O4. The van der Waals surface area contributed by atoms with Crippen LogP contribution in [0.4, 0.5) is 0 Å². The summed E-state index contributed by atoms with van der Waals surface area (Å²) in [5.41, 5.74) is 2.45. The topological polar surface area (TPSA) is 71.9 Å². The number of ether oxygens (including phenoxy) is 2. The van der Waals surface area contributed by atoms with Gasteiger partial charge in [-0.15, -0.1) is 0 Å². The molecule has 0 radical (unpaired) electrons. The van der Waals surface area contributed by atoms with Gasteiger partial charge < -0.3 is 19.7 Å². The van der Waals surface area contributed by atoms with Gasteiger partial charge >= 0.3 is 0 Å². The molecule has 0 unspecified atom stereocenters. The van der Waals surface area contributed by atoms with Crippen molar-refractivity contribution >= 4 is 12.2 Å². The van der Waals surface area contributed by atoms with E-state index < -0.39 is 12.2 Å². The van der Waals surface area contributed by atoms with E-state index in [-0.39, 0.29) is 13.2 Å². The largest absolute Gasteiger partial charge is 0.491 e. The maximum Gasteiger partial charge on any atom is 0.119 e. The molecule has 5 rings (SSSR count). The van der Waals surface area contributed by atoms with Crippen molar-refractivity contribution in [3.05, 3.63) is 108 Å². The van der Waals surface area contributed by atoms with Crippen molar-refractivity contribution in [3.8, 4) is 11.5 Å². The molecule has 0 amide bonds. The number of rotatable bonds is 16. The molecule has 3 aromatic carbocycles. The average Bonchev–Trinajstić information content (AvgIpc) is 3.09. The zero-order valence-electron chi connectivity index (χ0n) is 26.9. The maximum atomic E-state index is 10.6. The molecule has 2 saturated heterocycles. The fourth-order valence-electron chi connectivity index (χ4n) is 5.83. The third kappa shape index (κ3) is 12.0. The predicted octanol–water partition coefficient (Wildman–Crippen LogP) is 3.83. The highest BCUT2D eigenvalue weighted by molar-refractivity contribution is 5.49. The van der Waals surface area contributed by atoms with Crippen LogP contribution in [-0.4, -0.2) is 134 Å². The number of aliphatic hydroxyl groups excluding tert-OH is 2. The van der Waals surface area contributed by atoms with E-state index >= 15 is 0 Å². The molecule has 8 heteroatoms. The van der Waals surface area contributed by atoms with Crippen molar-refractivity contribution < 1.29 is 19.7 Å². The van der Waals surface area contributed by atoms with Crippen LogP contribution < -0.4 is 9.47 Å². The molecule has 2 aliphatic rings. The zero-order chi connectivity index (χ0) is 31.8. The molecule has 3 aromatic rings. The Labute approximate surface area is 274 Å². The van der Waals surface area contributed by atoms with Crippen LogP contribution in [0, 0.1) is 0 Å². The second kappa shape index (κ2) is 18.6. The summed E-state index contributed by atoms with van der Waals surface area (Å²) in [6, 6.07) is 28.2. The quantitative estimate of drug-likeness (QED) is 0.249. The number of aliphatic hydroxyl groups is 2. The van der Waals surface area contributed by atoms with Crippen LogP contribution >= 0.6 is 0 Å². The Bertz CT molecular complexity index is 1200. The minimum Gasteiger partial charge on any atom is -0.491 e. The van der Waals surface area contributed by atoms with Gasteiger partial charge in [-0.3, -0.25) is 19.6 Å². The first-order valence-electron chi connectivity index (χ1n) is 16.6. The minimum atomic E-state index is -0.553. The van der Waals surface area contributed by atoms with Crippen molar-refractivity contribution in [3.63, 3.8) is 0 Å². The molecule has 0 aliphatic carbocycles. The van der Waals surface area contributed by atoms with Crippen LogP contribution in [0.3, 0.4) is 0 Å². The molecular weight excluding hydrogens is 576 g/mol. The Balaban J connectivity index is 0.906. The summed E-state index contributed by atoms with van der Waals surface area (Å²) in [4.78, 5) is 9.49. The van der Waals surface area contributed by atoms with Gasteiger partial charge in [-0.2, -0.15) is 0 Å². The van der Waals surface area contributed by atoms with Crippen molar-refractivity contribution in [2.24, 2.45) is 0 Å². The lowest BCUT2D eigenvalue weighted by Gasteiger charge is -2.35. The Hall–Kier alpha value is -3.50. The fourth-order valence-corrected chi connectivity index (χ4v) is 5.83. The van der Waals surface area contributed by atoms with Gasteiger partial charge in [0.05, 0.1) is 0 Å². The highest BCUT2D eigenvalue weighted by Crippen LogP contribution is 2.18. The van der Waals surface area contributed by atoms with Crippen LogP contribution in [-0.2, 0) is 0 Å². The molecule has 46 heavy (non-hydrogen) atoms. The molecule has 2 fully saturated rings. The molecule has 246 valence electrons. The summed E-state index contributed by atoms with van der Waals surface area (Å²) >= 11 is 0. The minimum absolute atomic E-state index is 0.246. The number of β-amino-alcohol motifs (C(OH)–C–C–N with tert-alkyl or cyclic N) is 2. The summed E-state index contributed by atoms with van der Waals surface area (Å²) in [6.45, 7) is 11.3. The lowest BCUT2D eigenvalue weighted by atomic mass is 10.2. The first-order chi connectivity index (χ1) is 22.6. The standard InChI is InChI=1S/C38H50N4O4/c43-35(29-41-25-21-39(22-26-41)19-7-13-33-9-3-1-4-10-33)31-45-37-15-17-38(18-16-37)46-32-36(44)30-42-27-23-40(24-28-42)20-8-14-34-11-5-2-6-12-34/h1-18,35-36,43-44H,19-32H2/b13-7+,14-8+/t35-,36-/m1/s1. The summed E-state index contributed by atoms with van der Waals surface area (Å²) in [7, 11) is 0. The summed E-state index contributed by atoms with van der Waals surface area (Å²) < 4.78 is 11.7. The smallest absolute Gasteiger partial charge is 0.119 e. The molecule has 0 saturated carbocycles. The Kier molecular flexibility index (Phi) is 13.7. The van der Waals surface area contributed by atoms with Crippen LogP contribution in [0.1, 0.15) is 11.1 Å². The van der Waals surface area contributed by atoms with Crippen LogP contribution in [0.25, 0.3) is 12.2 Å². The first kappa shape index (κ1) is 33.9. The molecule has 0 spiro atoms. The van der Waals surface area contributed by atoms with E-state index in [1.807, 2.05) is 36.4 Å². The highest BCUT2D eigenvalue weighted by atomic mass is 16.5. The monoisotopic (exact) mass is 626 g/mol. The Morgan fingerprint density at radius 2 is 0.848 bits per heavy atom. The number of hydrogen-bond donors (Lipinski definition) is 2. The number of nitrogens with zero attached hydrogens (tertiary/aromatic N) is 4. The van der Waals surface area contributed by atoms with Crippen LogP contribution in [0.15, 0.2) is 97.1 Å². The summed E-state index contributed by atoms with van der Waals surface area (Å²) in [5.74, 6) is 1.39. The van der Waals surface area contributed by atoms with E-state index in [0.29, 0.717) is 24.6 Å². The second-order valence-corrected chi connectivity index (χ2v) is 12.2. The van der Waals surface area contributed by atoms with Gasteiger partial charge in [-0.1, -0.05) is 85.0 Å².